The standard InChI is InChI=1S/C30H26N2O4S/c1-3-35-29(34)26-20(2)31-30-32(27(26)23-12-8-5-9-13-23)28(33)25(37-30)18-21-14-16-24(17-15-21)36-19-22-10-6-4-7-11-22/h4-18,27H,3,19H2,1-2H3/b25-18+. The van der Waals surface area contributed by atoms with Gasteiger partial charge in [0, 0.05) is 0 Å². The molecule has 3 aromatic carbocycles. The average Bonchev–Trinajstić information content (AvgIpc) is 3.22. The van der Waals surface area contributed by atoms with E-state index in [0.717, 1.165) is 22.4 Å². The van der Waals surface area contributed by atoms with Crippen LogP contribution < -0.4 is 19.6 Å². The molecule has 4 aromatic rings. The zero-order valence-corrected chi connectivity index (χ0v) is 21.4. The van der Waals surface area contributed by atoms with Gasteiger partial charge in [0.2, 0.25) is 0 Å². The van der Waals surface area contributed by atoms with Crippen molar-refractivity contribution in [2.24, 2.45) is 4.99 Å². The molecule has 186 valence electrons. The Morgan fingerprint density at radius 3 is 2.35 bits per heavy atom. The lowest BCUT2D eigenvalue weighted by atomic mass is 9.96. The molecule has 1 aliphatic rings. The van der Waals surface area contributed by atoms with E-state index < -0.39 is 12.0 Å². The van der Waals surface area contributed by atoms with Gasteiger partial charge in [-0.25, -0.2) is 9.79 Å². The van der Waals surface area contributed by atoms with Gasteiger partial charge < -0.3 is 9.47 Å². The van der Waals surface area contributed by atoms with E-state index in [9.17, 15) is 9.59 Å². The molecule has 0 fully saturated rings. The number of thiazole rings is 1. The van der Waals surface area contributed by atoms with Crippen LogP contribution in [0.5, 0.6) is 5.75 Å². The molecule has 1 unspecified atom stereocenters. The summed E-state index contributed by atoms with van der Waals surface area (Å²) in [5, 5.41) is 0. The number of hydrogen-bond donors (Lipinski definition) is 0. The highest BCUT2D eigenvalue weighted by molar-refractivity contribution is 7.07. The van der Waals surface area contributed by atoms with Gasteiger partial charge in [-0.05, 0) is 48.7 Å². The van der Waals surface area contributed by atoms with E-state index >= 15 is 0 Å². The highest BCUT2D eigenvalue weighted by Crippen LogP contribution is 2.30. The van der Waals surface area contributed by atoms with Gasteiger partial charge in [0.05, 0.1) is 28.5 Å². The Labute approximate surface area is 218 Å². The van der Waals surface area contributed by atoms with Crippen molar-refractivity contribution in [1.29, 1.82) is 0 Å². The fourth-order valence-electron chi connectivity index (χ4n) is 4.29. The summed E-state index contributed by atoms with van der Waals surface area (Å²) in [5.41, 5.74) is 3.53. The summed E-state index contributed by atoms with van der Waals surface area (Å²) in [4.78, 5) is 31.7. The first-order valence-corrected chi connectivity index (χ1v) is 12.9. The first-order valence-electron chi connectivity index (χ1n) is 12.1. The van der Waals surface area contributed by atoms with Crippen LogP contribution in [0.25, 0.3) is 6.08 Å². The van der Waals surface area contributed by atoms with Crippen molar-refractivity contribution < 1.29 is 14.3 Å². The molecule has 37 heavy (non-hydrogen) atoms. The van der Waals surface area contributed by atoms with Crippen molar-refractivity contribution in [2.75, 3.05) is 6.61 Å². The number of benzene rings is 3. The first kappa shape index (κ1) is 24.5. The molecular formula is C30H26N2O4S. The summed E-state index contributed by atoms with van der Waals surface area (Å²) in [7, 11) is 0. The first-order chi connectivity index (χ1) is 18.0. The second kappa shape index (κ2) is 10.8. The number of hydrogen-bond acceptors (Lipinski definition) is 6. The molecule has 0 spiro atoms. The predicted molar refractivity (Wildman–Crippen MR) is 144 cm³/mol. The highest BCUT2D eigenvalue weighted by atomic mass is 32.1. The van der Waals surface area contributed by atoms with Crippen molar-refractivity contribution in [3.05, 3.63) is 133 Å². The lowest BCUT2D eigenvalue weighted by Gasteiger charge is -2.24. The minimum atomic E-state index is -0.604. The SMILES string of the molecule is CCOC(=O)C1=C(C)N=c2s/c(=C/c3ccc(OCc4ccccc4)cc3)c(=O)n2C1c1ccccc1. The molecule has 0 bridgehead atoms. The number of allylic oxidation sites excluding steroid dienone is 1. The Hall–Kier alpha value is -4.23. The Morgan fingerprint density at radius 2 is 1.68 bits per heavy atom. The van der Waals surface area contributed by atoms with Crippen LogP contribution in [0.1, 0.15) is 36.6 Å². The fraction of sp³-hybridized carbons (Fsp3) is 0.167. The van der Waals surface area contributed by atoms with E-state index in [1.807, 2.05) is 91.0 Å². The lowest BCUT2D eigenvalue weighted by Crippen LogP contribution is -2.39. The van der Waals surface area contributed by atoms with Gasteiger partial charge in [-0.15, -0.1) is 0 Å². The minimum absolute atomic E-state index is 0.198. The second-order valence-electron chi connectivity index (χ2n) is 8.56. The normalized spacial score (nSPS) is 15.2. The molecule has 7 heteroatoms. The zero-order valence-electron chi connectivity index (χ0n) is 20.6. The third kappa shape index (κ3) is 5.17. The van der Waals surface area contributed by atoms with Crippen molar-refractivity contribution in [3.63, 3.8) is 0 Å². The van der Waals surface area contributed by atoms with Gasteiger partial charge in [0.15, 0.2) is 4.80 Å². The zero-order chi connectivity index (χ0) is 25.8. The molecule has 1 aromatic heterocycles. The average molecular weight is 511 g/mol. The molecule has 0 N–H and O–H groups in total. The summed E-state index contributed by atoms with van der Waals surface area (Å²) in [5.74, 6) is 0.291. The number of carbonyl (C=O) groups is 1. The largest absolute Gasteiger partial charge is 0.489 e. The summed E-state index contributed by atoms with van der Waals surface area (Å²) in [6, 6.07) is 26.5. The van der Waals surface area contributed by atoms with E-state index in [1.54, 1.807) is 18.4 Å². The Bertz CT molecular complexity index is 1620. The molecule has 6 nitrogen and oxygen atoms in total. The van der Waals surface area contributed by atoms with Gasteiger partial charge in [-0.2, -0.15) is 0 Å². The summed E-state index contributed by atoms with van der Waals surface area (Å²) in [6.45, 7) is 4.28. The monoisotopic (exact) mass is 510 g/mol. The maximum Gasteiger partial charge on any atom is 0.338 e. The van der Waals surface area contributed by atoms with Crippen LogP contribution in [0, 0.1) is 0 Å². The molecule has 2 heterocycles. The molecule has 0 saturated heterocycles. The summed E-state index contributed by atoms with van der Waals surface area (Å²) >= 11 is 1.31. The molecule has 0 aliphatic carbocycles. The van der Waals surface area contributed by atoms with E-state index in [2.05, 4.69) is 4.99 Å². The minimum Gasteiger partial charge on any atom is -0.489 e. The fourth-order valence-corrected chi connectivity index (χ4v) is 5.34. The Balaban J connectivity index is 1.50. The smallest absolute Gasteiger partial charge is 0.338 e. The number of esters is 1. The van der Waals surface area contributed by atoms with E-state index in [-0.39, 0.29) is 12.2 Å². The number of ether oxygens (including phenoxy) is 2. The molecule has 0 radical (unpaired) electrons. The quantitative estimate of drug-likeness (QED) is 0.346. The van der Waals surface area contributed by atoms with Gasteiger partial charge in [0.25, 0.3) is 5.56 Å². The second-order valence-corrected chi connectivity index (χ2v) is 9.57. The van der Waals surface area contributed by atoms with Crippen molar-refractivity contribution >= 4 is 23.4 Å². The van der Waals surface area contributed by atoms with Crippen molar-refractivity contribution in [3.8, 4) is 5.75 Å². The van der Waals surface area contributed by atoms with Crippen LogP contribution >= 0.6 is 11.3 Å². The molecule has 1 aliphatic heterocycles. The van der Waals surface area contributed by atoms with E-state index in [4.69, 9.17) is 9.47 Å². The number of aromatic nitrogens is 1. The molecule has 1 atom stereocenters. The predicted octanol–water partition coefficient (Wildman–Crippen LogP) is 4.38. The Morgan fingerprint density at radius 1 is 1.00 bits per heavy atom. The summed E-state index contributed by atoms with van der Waals surface area (Å²) < 4.78 is 13.3. The van der Waals surface area contributed by atoms with Crippen LogP contribution in [-0.2, 0) is 16.1 Å². The van der Waals surface area contributed by atoms with Crippen LogP contribution in [0.4, 0.5) is 0 Å². The maximum absolute atomic E-state index is 13.6. The maximum atomic E-state index is 13.6. The third-order valence-corrected chi connectivity index (χ3v) is 7.04. The Kier molecular flexibility index (Phi) is 7.14. The van der Waals surface area contributed by atoms with Gasteiger partial charge in [0.1, 0.15) is 12.4 Å². The molecule has 5 rings (SSSR count). The lowest BCUT2D eigenvalue weighted by molar-refractivity contribution is -0.139. The number of carbonyl (C=O) groups excluding carboxylic acids is 1. The molecular weight excluding hydrogens is 484 g/mol. The van der Waals surface area contributed by atoms with Crippen molar-refractivity contribution in [2.45, 2.75) is 26.5 Å². The van der Waals surface area contributed by atoms with Crippen LogP contribution in [0.2, 0.25) is 0 Å². The van der Waals surface area contributed by atoms with Crippen LogP contribution in [0.15, 0.2) is 106 Å². The highest BCUT2D eigenvalue weighted by Gasteiger charge is 2.33. The molecule has 0 amide bonds. The number of nitrogens with zero attached hydrogens (tertiary/aromatic N) is 2. The van der Waals surface area contributed by atoms with Gasteiger partial charge >= 0.3 is 5.97 Å². The van der Waals surface area contributed by atoms with Crippen LogP contribution in [0.3, 0.4) is 0 Å². The number of rotatable bonds is 7. The van der Waals surface area contributed by atoms with E-state index in [1.165, 1.54) is 11.3 Å². The van der Waals surface area contributed by atoms with Crippen molar-refractivity contribution in [1.82, 2.24) is 4.57 Å². The number of fused-ring (bicyclic) bond motifs is 1. The topological polar surface area (TPSA) is 69.9 Å². The van der Waals surface area contributed by atoms with Gasteiger partial charge in [-0.1, -0.05) is 84.1 Å². The summed E-state index contributed by atoms with van der Waals surface area (Å²) in [6.07, 6.45) is 1.84. The van der Waals surface area contributed by atoms with Gasteiger partial charge in [-0.3, -0.25) is 9.36 Å². The third-order valence-electron chi connectivity index (χ3n) is 6.06. The van der Waals surface area contributed by atoms with E-state index in [0.29, 0.717) is 27.2 Å². The molecule has 0 saturated carbocycles. The van der Waals surface area contributed by atoms with Crippen LogP contribution in [-0.4, -0.2) is 17.1 Å².